The molecule has 0 heterocycles. The van der Waals surface area contributed by atoms with Crippen molar-refractivity contribution >= 4 is 5.91 Å². The SMILES string of the molecule is CCCN(CC1CC1)C(=O)C(C)C(N)c1ccccc1. The maximum Gasteiger partial charge on any atom is 0.227 e. The van der Waals surface area contributed by atoms with Gasteiger partial charge in [-0.1, -0.05) is 44.2 Å². The molecule has 3 nitrogen and oxygen atoms in total. The summed E-state index contributed by atoms with van der Waals surface area (Å²) >= 11 is 0. The molecule has 20 heavy (non-hydrogen) atoms. The zero-order chi connectivity index (χ0) is 14.5. The van der Waals surface area contributed by atoms with Crippen molar-refractivity contribution in [2.75, 3.05) is 13.1 Å². The average molecular weight is 274 g/mol. The third-order valence-electron chi connectivity index (χ3n) is 4.09. The minimum absolute atomic E-state index is 0.164. The standard InChI is InChI=1S/C17H26N2O/c1-3-11-19(12-14-9-10-14)17(20)13(2)16(18)15-7-5-4-6-8-15/h4-8,13-14,16H,3,9-12,18H2,1-2H3. The predicted molar refractivity (Wildman–Crippen MR) is 82.1 cm³/mol. The molecular formula is C17H26N2O. The van der Waals surface area contributed by atoms with Crippen LogP contribution >= 0.6 is 0 Å². The summed E-state index contributed by atoms with van der Waals surface area (Å²) in [6.45, 7) is 5.84. The van der Waals surface area contributed by atoms with Gasteiger partial charge in [-0.2, -0.15) is 0 Å². The van der Waals surface area contributed by atoms with E-state index < -0.39 is 0 Å². The van der Waals surface area contributed by atoms with E-state index in [0.717, 1.165) is 31.0 Å². The molecule has 0 spiro atoms. The van der Waals surface area contributed by atoms with E-state index in [2.05, 4.69) is 6.92 Å². The first-order valence-electron chi connectivity index (χ1n) is 7.72. The molecule has 1 aromatic carbocycles. The number of nitrogens with two attached hydrogens (primary N) is 1. The van der Waals surface area contributed by atoms with E-state index in [-0.39, 0.29) is 17.9 Å². The van der Waals surface area contributed by atoms with Crippen molar-refractivity contribution in [3.63, 3.8) is 0 Å². The number of benzene rings is 1. The first-order valence-corrected chi connectivity index (χ1v) is 7.72. The zero-order valence-corrected chi connectivity index (χ0v) is 12.6. The van der Waals surface area contributed by atoms with Gasteiger partial charge in [-0.3, -0.25) is 4.79 Å². The highest BCUT2D eigenvalue weighted by Crippen LogP contribution is 2.31. The molecule has 0 bridgehead atoms. The number of amides is 1. The van der Waals surface area contributed by atoms with Crippen molar-refractivity contribution in [2.24, 2.45) is 17.6 Å². The van der Waals surface area contributed by atoms with Crippen LogP contribution in [0.2, 0.25) is 0 Å². The second-order valence-corrected chi connectivity index (χ2v) is 5.95. The fraction of sp³-hybridized carbons (Fsp3) is 0.588. The summed E-state index contributed by atoms with van der Waals surface area (Å²) in [5.41, 5.74) is 7.31. The summed E-state index contributed by atoms with van der Waals surface area (Å²) in [6, 6.07) is 9.70. The second kappa shape index (κ2) is 6.89. The minimum Gasteiger partial charge on any atom is -0.342 e. The molecule has 2 atom stereocenters. The van der Waals surface area contributed by atoms with Crippen molar-refractivity contribution in [3.05, 3.63) is 35.9 Å². The van der Waals surface area contributed by atoms with E-state index in [1.807, 2.05) is 42.2 Å². The molecule has 0 aromatic heterocycles. The fourth-order valence-electron chi connectivity index (χ4n) is 2.58. The lowest BCUT2D eigenvalue weighted by Gasteiger charge is -2.28. The minimum atomic E-state index is -0.220. The number of nitrogens with zero attached hydrogens (tertiary/aromatic N) is 1. The monoisotopic (exact) mass is 274 g/mol. The van der Waals surface area contributed by atoms with E-state index >= 15 is 0 Å². The normalized spacial score (nSPS) is 17.6. The Balaban J connectivity index is 2.01. The van der Waals surface area contributed by atoms with Crippen LogP contribution in [0.3, 0.4) is 0 Å². The summed E-state index contributed by atoms with van der Waals surface area (Å²) in [5.74, 6) is 0.767. The van der Waals surface area contributed by atoms with Crippen molar-refractivity contribution < 1.29 is 4.79 Å². The Labute approximate surface area is 122 Å². The molecule has 3 heteroatoms. The molecule has 2 unspecified atom stereocenters. The summed E-state index contributed by atoms with van der Waals surface area (Å²) in [6.07, 6.45) is 3.55. The lowest BCUT2D eigenvalue weighted by atomic mass is 9.94. The Morgan fingerprint density at radius 1 is 1.35 bits per heavy atom. The fourth-order valence-corrected chi connectivity index (χ4v) is 2.58. The third-order valence-corrected chi connectivity index (χ3v) is 4.09. The van der Waals surface area contributed by atoms with Gasteiger partial charge in [0.2, 0.25) is 5.91 Å². The van der Waals surface area contributed by atoms with Gasteiger partial charge in [-0.15, -0.1) is 0 Å². The Kier molecular flexibility index (Phi) is 5.18. The van der Waals surface area contributed by atoms with Gasteiger partial charge in [-0.05, 0) is 30.7 Å². The van der Waals surface area contributed by atoms with E-state index in [9.17, 15) is 4.79 Å². The van der Waals surface area contributed by atoms with Gasteiger partial charge >= 0.3 is 0 Å². The summed E-state index contributed by atoms with van der Waals surface area (Å²) in [7, 11) is 0. The molecule has 110 valence electrons. The first-order chi connectivity index (χ1) is 9.63. The van der Waals surface area contributed by atoms with Gasteiger partial charge in [0.15, 0.2) is 0 Å². The van der Waals surface area contributed by atoms with Crippen LogP contribution < -0.4 is 5.73 Å². The molecule has 0 aliphatic heterocycles. The van der Waals surface area contributed by atoms with E-state index in [4.69, 9.17) is 5.73 Å². The highest BCUT2D eigenvalue weighted by molar-refractivity contribution is 5.79. The Bertz CT molecular complexity index is 428. The van der Waals surface area contributed by atoms with Gasteiger partial charge in [0.25, 0.3) is 0 Å². The quantitative estimate of drug-likeness (QED) is 0.831. The number of carbonyl (C=O) groups excluding carboxylic acids is 1. The first kappa shape index (κ1) is 15.0. The summed E-state index contributed by atoms with van der Waals surface area (Å²) in [5, 5.41) is 0. The molecule has 1 saturated carbocycles. The topological polar surface area (TPSA) is 46.3 Å². The molecule has 2 N–H and O–H groups in total. The van der Waals surface area contributed by atoms with Crippen LogP contribution in [0, 0.1) is 11.8 Å². The average Bonchev–Trinajstić information content (AvgIpc) is 3.29. The van der Waals surface area contributed by atoms with Crippen LogP contribution in [0.1, 0.15) is 44.7 Å². The van der Waals surface area contributed by atoms with Crippen LogP contribution in [0.5, 0.6) is 0 Å². The number of carbonyl (C=O) groups is 1. The van der Waals surface area contributed by atoms with E-state index in [0.29, 0.717) is 0 Å². The Hall–Kier alpha value is -1.35. The van der Waals surface area contributed by atoms with Gasteiger partial charge in [0.05, 0.1) is 5.92 Å². The Morgan fingerprint density at radius 3 is 2.55 bits per heavy atom. The van der Waals surface area contributed by atoms with Gasteiger partial charge < -0.3 is 10.6 Å². The van der Waals surface area contributed by atoms with Crippen molar-refractivity contribution in [1.82, 2.24) is 4.90 Å². The van der Waals surface area contributed by atoms with Crippen LogP contribution in [-0.2, 0) is 4.79 Å². The van der Waals surface area contributed by atoms with Gasteiger partial charge in [0, 0.05) is 19.1 Å². The maximum atomic E-state index is 12.7. The lowest BCUT2D eigenvalue weighted by molar-refractivity contribution is -0.136. The maximum absolute atomic E-state index is 12.7. The molecule has 1 aliphatic carbocycles. The Morgan fingerprint density at radius 2 is 2.00 bits per heavy atom. The molecule has 0 radical (unpaired) electrons. The smallest absolute Gasteiger partial charge is 0.227 e. The molecular weight excluding hydrogens is 248 g/mol. The van der Waals surface area contributed by atoms with Gasteiger partial charge in [-0.25, -0.2) is 0 Å². The van der Waals surface area contributed by atoms with Crippen LogP contribution in [0.15, 0.2) is 30.3 Å². The van der Waals surface area contributed by atoms with Crippen LogP contribution in [0.25, 0.3) is 0 Å². The number of hydrogen-bond donors (Lipinski definition) is 1. The number of rotatable bonds is 7. The van der Waals surface area contributed by atoms with E-state index in [1.54, 1.807) is 0 Å². The lowest BCUT2D eigenvalue weighted by Crippen LogP contribution is -2.40. The van der Waals surface area contributed by atoms with Crippen LogP contribution in [0.4, 0.5) is 0 Å². The van der Waals surface area contributed by atoms with Crippen molar-refractivity contribution in [1.29, 1.82) is 0 Å². The highest BCUT2D eigenvalue weighted by Gasteiger charge is 2.30. The molecule has 1 fully saturated rings. The molecule has 2 rings (SSSR count). The zero-order valence-electron chi connectivity index (χ0n) is 12.6. The highest BCUT2D eigenvalue weighted by atomic mass is 16.2. The number of hydrogen-bond acceptors (Lipinski definition) is 2. The van der Waals surface area contributed by atoms with Crippen molar-refractivity contribution in [3.8, 4) is 0 Å². The van der Waals surface area contributed by atoms with E-state index in [1.165, 1.54) is 12.8 Å². The van der Waals surface area contributed by atoms with Crippen molar-refractivity contribution in [2.45, 2.75) is 39.2 Å². The molecule has 0 saturated heterocycles. The van der Waals surface area contributed by atoms with Gasteiger partial charge in [0.1, 0.15) is 0 Å². The molecule has 1 aromatic rings. The second-order valence-electron chi connectivity index (χ2n) is 5.95. The largest absolute Gasteiger partial charge is 0.342 e. The molecule has 1 aliphatic rings. The predicted octanol–water partition coefficient (Wildman–Crippen LogP) is 2.97. The summed E-state index contributed by atoms with van der Waals surface area (Å²) in [4.78, 5) is 14.7. The molecule has 1 amide bonds. The van der Waals surface area contributed by atoms with Crippen LogP contribution in [-0.4, -0.2) is 23.9 Å². The third kappa shape index (κ3) is 3.83. The summed E-state index contributed by atoms with van der Waals surface area (Å²) < 4.78 is 0.